The molecule has 5 nitrogen and oxygen atoms in total. The molecule has 1 saturated heterocycles. The van der Waals surface area contributed by atoms with Crippen molar-refractivity contribution in [3.05, 3.63) is 84.2 Å². The summed E-state index contributed by atoms with van der Waals surface area (Å²) in [4.78, 5) is 4.51. The van der Waals surface area contributed by atoms with Crippen LogP contribution in [0.15, 0.2) is 77.7 Å². The van der Waals surface area contributed by atoms with Gasteiger partial charge in [0.15, 0.2) is 0 Å². The molecule has 3 aromatic rings. The number of sulfonamides is 1. The molecule has 0 radical (unpaired) electrons. The van der Waals surface area contributed by atoms with Gasteiger partial charge in [-0.05, 0) is 55.5 Å². The maximum Gasteiger partial charge on any atom is 0.261 e. The second-order valence-electron chi connectivity index (χ2n) is 7.39. The third kappa shape index (κ3) is 4.41. The highest BCUT2D eigenvalue weighted by Crippen LogP contribution is 2.25. The van der Waals surface area contributed by atoms with E-state index in [0.717, 1.165) is 37.4 Å². The van der Waals surface area contributed by atoms with Crippen molar-refractivity contribution in [2.75, 3.05) is 40.7 Å². The second-order valence-corrected chi connectivity index (χ2v) is 9.07. The number of benzene rings is 3. The van der Waals surface area contributed by atoms with Crippen LogP contribution in [0.25, 0.3) is 0 Å². The SMILES string of the molecule is Cc1ccc(S(=O)(=O)Nc2ccc(N3CCN(c4ccccc4F)CC3)cc2)cc1. The molecule has 0 bridgehead atoms. The lowest BCUT2D eigenvalue weighted by Gasteiger charge is -2.37. The second kappa shape index (κ2) is 8.36. The molecular weight excluding hydrogens is 401 g/mol. The Morgan fingerprint density at radius 1 is 0.800 bits per heavy atom. The number of aryl methyl sites for hydroxylation is 1. The van der Waals surface area contributed by atoms with Crippen LogP contribution in [-0.4, -0.2) is 34.6 Å². The van der Waals surface area contributed by atoms with Crippen LogP contribution in [0.3, 0.4) is 0 Å². The Balaban J connectivity index is 1.39. The summed E-state index contributed by atoms with van der Waals surface area (Å²) < 4.78 is 41.7. The van der Waals surface area contributed by atoms with E-state index in [0.29, 0.717) is 11.4 Å². The van der Waals surface area contributed by atoms with Crippen molar-refractivity contribution in [1.82, 2.24) is 0 Å². The van der Waals surface area contributed by atoms with Crippen LogP contribution in [0, 0.1) is 12.7 Å². The van der Waals surface area contributed by atoms with Gasteiger partial charge in [-0.3, -0.25) is 4.72 Å². The topological polar surface area (TPSA) is 52.7 Å². The van der Waals surface area contributed by atoms with Crippen molar-refractivity contribution in [1.29, 1.82) is 0 Å². The lowest BCUT2D eigenvalue weighted by atomic mass is 10.2. The molecule has 0 unspecified atom stereocenters. The summed E-state index contributed by atoms with van der Waals surface area (Å²) in [5.74, 6) is -0.198. The van der Waals surface area contributed by atoms with Crippen LogP contribution in [0.1, 0.15) is 5.56 Å². The van der Waals surface area contributed by atoms with E-state index in [9.17, 15) is 12.8 Å². The zero-order chi connectivity index (χ0) is 21.1. The maximum atomic E-state index is 14.0. The Morgan fingerprint density at radius 3 is 2.03 bits per heavy atom. The number of para-hydroxylation sites is 1. The van der Waals surface area contributed by atoms with Gasteiger partial charge >= 0.3 is 0 Å². The van der Waals surface area contributed by atoms with Gasteiger partial charge in [-0.2, -0.15) is 0 Å². The molecule has 0 saturated carbocycles. The fraction of sp³-hybridized carbons (Fsp3) is 0.217. The highest BCUT2D eigenvalue weighted by molar-refractivity contribution is 7.92. The standard InChI is InChI=1S/C23H24FN3O2S/c1-18-6-12-21(13-7-18)30(28,29)25-19-8-10-20(11-9-19)26-14-16-27(17-15-26)23-5-3-2-4-22(23)24/h2-13,25H,14-17H2,1H3. The highest BCUT2D eigenvalue weighted by Gasteiger charge is 2.20. The molecule has 0 spiro atoms. The van der Waals surface area contributed by atoms with Crippen LogP contribution < -0.4 is 14.5 Å². The summed E-state index contributed by atoms with van der Waals surface area (Å²) in [7, 11) is -3.62. The Morgan fingerprint density at radius 2 is 1.40 bits per heavy atom. The van der Waals surface area contributed by atoms with Crippen LogP contribution in [-0.2, 0) is 10.0 Å². The van der Waals surface area contributed by atoms with E-state index in [1.54, 1.807) is 48.5 Å². The quantitative estimate of drug-likeness (QED) is 0.664. The first-order valence-electron chi connectivity index (χ1n) is 9.86. The van der Waals surface area contributed by atoms with E-state index >= 15 is 0 Å². The number of nitrogens with zero attached hydrogens (tertiary/aromatic N) is 2. The molecule has 0 aliphatic carbocycles. The lowest BCUT2D eigenvalue weighted by Crippen LogP contribution is -2.46. The van der Waals surface area contributed by atoms with Crippen molar-refractivity contribution in [2.45, 2.75) is 11.8 Å². The third-order valence-corrected chi connectivity index (χ3v) is 6.69. The largest absolute Gasteiger partial charge is 0.368 e. The van der Waals surface area contributed by atoms with E-state index in [4.69, 9.17) is 0 Å². The summed E-state index contributed by atoms with van der Waals surface area (Å²) in [6.07, 6.45) is 0. The van der Waals surface area contributed by atoms with Crippen LogP contribution in [0.4, 0.5) is 21.5 Å². The summed E-state index contributed by atoms with van der Waals surface area (Å²) in [6, 6.07) is 20.9. The van der Waals surface area contributed by atoms with E-state index in [1.165, 1.54) is 6.07 Å². The van der Waals surface area contributed by atoms with Crippen LogP contribution in [0.5, 0.6) is 0 Å². The van der Waals surface area contributed by atoms with Gasteiger partial charge in [0.2, 0.25) is 0 Å². The molecular formula is C23H24FN3O2S. The highest BCUT2D eigenvalue weighted by atomic mass is 32.2. The van der Waals surface area contributed by atoms with Crippen LogP contribution in [0.2, 0.25) is 0 Å². The van der Waals surface area contributed by atoms with E-state index < -0.39 is 10.0 Å². The number of hydrogen-bond acceptors (Lipinski definition) is 4. The zero-order valence-corrected chi connectivity index (χ0v) is 17.6. The number of piperazine rings is 1. The number of halogens is 1. The van der Waals surface area contributed by atoms with Crippen molar-refractivity contribution in [3.8, 4) is 0 Å². The summed E-state index contributed by atoms with van der Waals surface area (Å²) >= 11 is 0. The Kier molecular flexibility index (Phi) is 5.63. The zero-order valence-electron chi connectivity index (χ0n) is 16.8. The number of hydrogen-bond donors (Lipinski definition) is 1. The first kappa shape index (κ1) is 20.2. The van der Waals surface area contributed by atoms with Crippen LogP contribution >= 0.6 is 0 Å². The number of anilines is 3. The van der Waals surface area contributed by atoms with Crippen molar-refractivity contribution < 1.29 is 12.8 Å². The van der Waals surface area contributed by atoms with Gasteiger partial charge in [0.1, 0.15) is 5.82 Å². The average Bonchev–Trinajstić information content (AvgIpc) is 2.75. The molecule has 156 valence electrons. The van der Waals surface area contributed by atoms with E-state index in [-0.39, 0.29) is 10.7 Å². The predicted octanol–water partition coefficient (Wildman–Crippen LogP) is 4.26. The maximum absolute atomic E-state index is 14.0. The smallest absolute Gasteiger partial charge is 0.261 e. The lowest BCUT2D eigenvalue weighted by molar-refractivity contribution is 0.597. The van der Waals surface area contributed by atoms with E-state index in [2.05, 4.69) is 14.5 Å². The molecule has 0 amide bonds. The van der Waals surface area contributed by atoms with Crippen molar-refractivity contribution in [2.24, 2.45) is 0 Å². The van der Waals surface area contributed by atoms with Crippen molar-refractivity contribution in [3.63, 3.8) is 0 Å². The molecule has 1 fully saturated rings. The fourth-order valence-corrected chi connectivity index (χ4v) is 4.64. The molecule has 1 aliphatic rings. The molecule has 30 heavy (non-hydrogen) atoms. The summed E-state index contributed by atoms with van der Waals surface area (Å²) in [5, 5.41) is 0. The van der Waals surface area contributed by atoms with Gasteiger partial charge in [-0.25, -0.2) is 12.8 Å². The Hall–Kier alpha value is -3.06. The number of nitrogens with one attached hydrogen (secondary N) is 1. The minimum Gasteiger partial charge on any atom is -0.368 e. The Bertz CT molecular complexity index is 1110. The molecule has 1 N–H and O–H groups in total. The van der Waals surface area contributed by atoms with Gasteiger partial charge < -0.3 is 9.80 Å². The minimum atomic E-state index is -3.62. The van der Waals surface area contributed by atoms with Gasteiger partial charge in [0, 0.05) is 37.6 Å². The minimum absolute atomic E-state index is 0.198. The molecule has 0 aromatic heterocycles. The Labute approximate surface area is 176 Å². The first-order chi connectivity index (χ1) is 14.4. The first-order valence-corrected chi connectivity index (χ1v) is 11.3. The third-order valence-electron chi connectivity index (χ3n) is 5.29. The molecule has 1 aliphatic heterocycles. The summed E-state index contributed by atoms with van der Waals surface area (Å²) in [5.41, 5.74) is 3.18. The van der Waals surface area contributed by atoms with Gasteiger partial charge in [-0.15, -0.1) is 0 Å². The molecule has 3 aromatic carbocycles. The molecule has 7 heteroatoms. The average molecular weight is 426 g/mol. The molecule has 0 atom stereocenters. The molecule has 4 rings (SSSR count). The van der Waals surface area contributed by atoms with E-state index in [1.807, 2.05) is 25.1 Å². The van der Waals surface area contributed by atoms with Gasteiger partial charge in [-0.1, -0.05) is 29.8 Å². The van der Waals surface area contributed by atoms with Gasteiger partial charge in [0.05, 0.1) is 10.6 Å². The predicted molar refractivity (Wildman–Crippen MR) is 119 cm³/mol. The number of rotatable bonds is 5. The monoisotopic (exact) mass is 425 g/mol. The van der Waals surface area contributed by atoms with Gasteiger partial charge in [0.25, 0.3) is 10.0 Å². The fourth-order valence-electron chi connectivity index (χ4n) is 3.59. The molecule has 1 heterocycles. The van der Waals surface area contributed by atoms with Crippen molar-refractivity contribution >= 4 is 27.1 Å². The normalized spacial score (nSPS) is 14.6. The summed E-state index contributed by atoms with van der Waals surface area (Å²) in [6.45, 7) is 4.90.